The number of nitrogens with one attached hydrogen (secondary N) is 1. The molecule has 1 fully saturated rings. The molecule has 4 N–H and O–H groups in total. The third-order valence-electron chi connectivity index (χ3n) is 4.67. The number of carbonyl (C=O) groups excluding carboxylic acids is 1. The molecule has 2 aromatic heterocycles. The molecule has 0 aliphatic carbocycles. The first kappa shape index (κ1) is 20.1. The highest BCUT2D eigenvalue weighted by Gasteiger charge is 2.31. The van der Waals surface area contributed by atoms with Crippen LogP contribution in [0.5, 0.6) is 5.75 Å². The van der Waals surface area contributed by atoms with E-state index in [-0.39, 0.29) is 18.6 Å². The monoisotopic (exact) mass is 431 g/mol. The summed E-state index contributed by atoms with van der Waals surface area (Å²) in [6.45, 7) is 1.02. The molecule has 1 atom stereocenters. The number of anilines is 3. The summed E-state index contributed by atoms with van der Waals surface area (Å²) in [5.41, 5.74) is 8.74. The van der Waals surface area contributed by atoms with Crippen LogP contribution in [0.25, 0.3) is 10.3 Å². The number of carbonyl (C=O) groups is 1. The second-order valence-corrected chi connectivity index (χ2v) is 7.39. The summed E-state index contributed by atoms with van der Waals surface area (Å²) in [4.78, 5) is 33.1. The summed E-state index contributed by atoms with van der Waals surface area (Å²) >= 11 is 1.37. The molecule has 1 saturated heterocycles. The normalized spacial score (nSPS) is 17.1. The molecule has 1 aliphatic rings. The zero-order valence-electron chi connectivity index (χ0n) is 16.2. The number of thiazole rings is 1. The lowest BCUT2D eigenvalue weighted by Gasteiger charge is -2.39. The molecule has 158 valence electrons. The Balaban J connectivity index is 1.41. The molecule has 1 aromatic carbocycles. The van der Waals surface area contributed by atoms with Gasteiger partial charge in [0.1, 0.15) is 11.3 Å². The number of amides is 1. The third kappa shape index (κ3) is 4.20. The Bertz CT molecular complexity index is 1030. The SMILES string of the molecule is COc1ccc(NC(=O)ON2CCN(c3nc(N)nc4scnc34)[C@H](CO)C2)cc1. The minimum absolute atomic E-state index is 0.149. The lowest BCUT2D eigenvalue weighted by molar-refractivity contribution is -0.108. The Morgan fingerprint density at radius 3 is 2.87 bits per heavy atom. The van der Waals surface area contributed by atoms with Crippen LogP contribution in [0, 0.1) is 0 Å². The highest BCUT2D eigenvalue weighted by Crippen LogP contribution is 2.28. The smallest absolute Gasteiger partial charge is 0.430 e. The van der Waals surface area contributed by atoms with Gasteiger partial charge < -0.3 is 25.3 Å². The van der Waals surface area contributed by atoms with E-state index in [2.05, 4.69) is 20.3 Å². The lowest BCUT2D eigenvalue weighted by Crippen LogP contribution is -2.55. The highest BCUT2D eigenvalue weighted by molar-refractivity contribution is 7.16. The predicted molar refractivity (Wildman–Crippen MR) is 113 cm³/mol. The van der Waals surface area contributed by atoms with Crippen LogP contribution in [0.1, 0.15) is 0 Å². The molecule has 3 heterocycles. The number of benzene rings is 1. The van der Waals surface area contributed by atoms with E-state index in [9.17, 15) is 9.90 Å². The van der Waals surface area contributed by atoms with Crippen molar-refractivity contribution in [3.05, 3.63) is 29.8 Å². The maximum atomic E-state index is 12.2. The number of methoxy groups -OCH3 is 1. The molecule has 30 heavy (non-hydrogen) atoms. The van der Waals surface area contributed by atoms with Gasteiger partial charge in [0, 0.05) is 12.2 Å². The largest absolute Gasteiger partial charge is 0.497 e. The number of aliphatic hydroxyl groups excluding tert-OH is 1. The minimum Gasteiger partial charge on any atom is -0.497 e. The van der Waals surface area contributed by atoms with Gasteiger partial charge in [0.05, 0.1) is 38.4 Å². The molecule has 0 radical (unpaired) electrons. The van der Waals surface area contributed by atoms with Crippen LogP contribution in [-0.2, 0) is 4.84 Å². The van der Waals surface area contributed by atoms with Gasteiger partial charge in [0.2, 0.25) is 5.95 Å². The van der Waals surface area contributed by atoms with Crippen molar-refractivity contribution in [3.63, 3.8) is 0 Å². The van der Waals surface area contributed by atoms with E-state index >= 15 is 0 Å². The predicted octanol–water partition coefficient (Wildman–Crippen LogP) is 1.32. The first-order valence-corrected chi connectivity index (χ1v) is 10.1. The van der Waals surface area contributed by atoms with Gasteiger partial charge in [0.15, 0.2) is 10.6 Å². The van der Waals surface area contributed by atoms with Crippen molar-refractivity contribution in [3.8, 4) is 5.75 Å². The number of piperazine rings is 1. The maximum absolute atomic E-state index is 12.2. The molecule has 11 nitrogen and oxygen atoms in total. The second-order valence-electron chi connectivity index (χ2n) is 6.56. The quantitative estimate of drug-likeness (QED) is 0.542. The van der Waals surface area contributed by atoms with Gasteiger partial charge in [-0.1, -0.05) is 0 Å². The van der Waals surface area contributed by atoms with E-state index in [1.807, 2.05) is 4.90 Å². The minimum atomic E-state index is -0.613. The number of rotatable bonds is 5. The van der Waals surface area contributed by atoms with Crippen molar-refractivity contribution in [2.24, 2.45) is 0 Å². The van der Waals surface area contributed by atoms with Gasteiger partial charge in [-0.3, -0.25) is 5.32 Å². The maximum Gasteiger partial charge on any atom is 0.430 e. The zero-order valence-corrected chi connectivity index (χ0v) is 17.0. The van der Waals surface area contributed by atoms with Gasteiger partial charge in [-0.2, -0.15) is 4.98 Å². The van der Waals surface area contributed by atoms with Gasteiger partial charge in [-0.25, -0.2) is 14.8 Å². The third-order valence-corrected chi connectivity index (χ3v) is 5.39. The number of nitrogens with zero attached hydrogens (tertiary/aromatic N) is 5. The summed E-state index contributed by atoms with van der Waals surface area (Å²) in [6, 6.07) is 6.55. The number of hydrogen-bond donors (Lipinski definition) is 3. The fourth-order valence-electron chi connectivity index (χ4n) is 3.24. The van der Waals surface area contributed by atoms with Crippen LogP contribution in [0.2, 0.25) is 0 Å². The Labute approximate surface area is 176 Å². The van der Waals surface area contributed by atoms with E-state index < -0.39 is 6.09 Å². The van der Waals surface area contributed by atoms with E-state index in [0.29, 0.717) is 47.2 Å². The van der Waals surface area contributed by atoms with Gasteiger partial charge in [-0.05, 0) is 24.3 Å². The van der Waals surface area contributed by atoms with Gasteiger partial charge >= 0.3 is 6.09 Å². The second kappa shape index (κ2) is 8.65. The van der Waals surface area contributed by atoms with E-state index in [1.54, 1.807) is 36.9 Å². The summed E-state index contributed by atoms with van der Waals surface area (Å²) in [6.07, 6.45) is -0.613. The molecule has 0 saturated carbocycles. The number of hydroxylamine groups is 2. The number of nitrogens with two attached hydrogens (primary N) is 1. The van der Waals surface area contributed by atoms with E-state index in [0.717, 1.165) is 0 Å². The van der Waals surface area contributed by atoms with Crippen LogP contribution in [-0.4, -0.2) is 70.6 Å². The average molecular weight is 431 g/mol. The molecular weight excluding hydrogens is 410 g/mol. The molecular formula is C18H21N7O4S. The number of ether oxygens (including phenoxy) is 1. The van der Waals surface area contributed by atoms with Crippen LogP contribution in [0.4, 0.5) is 22.2 Å². The summed E-state index contributed by atoms with van der Waals surface area (Å²) in [7, 11) is 1.57. The number of aliphatic hydroxyl groups is 1. The molecule has 3 aromatic rings. The highest BCUT2D eigenvalue weighted by atomic mass is 32.1. The van der Waals surface area contributed by atoms with Gasteiger partial charge in [-0.15, -0.1) is 16.4 Å². The Morgan fingerprint density at radius 1 is 1.33 bits per heavy atom. The van der Waals surface area contributed by atoms with Crippen molar-refractivity contribution in [2.75, 3.05) is 49.3 Å². The van der Waals surface area contributed by atoms with Gasteiger partial charge in [0.25, 0.3) is 0 Å². The molecule has 1 amide bonds. The van der Waals surface area contributed by atoms with E-state index in [1.165, 1.54) is 16.4 Å². The number of fused-ring (bicyclic) bond motifs is 1. The number of aromatic nitrogens is 3. The van der Waals surface area contributed by atoms with E-state index in [4.69, 9.17) is 15.3 Å². The molecule has 4 rings (SSSR count). The first-order valence-electron chi connectivity index (χ1n) is 9.19. The summed E-state index contributed by atoms with van der Waals surface area (Å²) < 4.78 is 5.09. The molecule has 0 bridgehead atoms. The topological polar surface area (TPSA) is 139 Å². The average Bonchev–Trinajstić information content (AvgIpc) is 3.22. The summed E-state index contributed by atoms with van der Waals surface area (Å²) in [5, 5.41) is 14.1. The van der Waals surface area contributed by atoms with Crippen molar-refractivity contribution >= 4 is 45.2 Å². The number of hydrogen-bond acceptors (Lipinski definition) is 11. The van der Waals surface area contributed by atoms with Crippen molar-refractivity contribution < 1.29 is 19.5 Å². The van der Waals surface area contributed by atoms with Crippen molar-refractivity contribution in [1.82, 2.24) is 20.0 Å². The molecule has 1 aliphatic heterocycles. The molecule has 12 heteroatoms. The van der Waals surface area contributed by atoms with Crippen molar-refractivity contribution in [2.45, 2.75) is 6.04 Å². The lowest BCUT2D eigenvalue weighted by atomic mass is 10.2. The Hall–Kier alpha value is -3.22. The number of nitrogen functional groups attached to an aromatic ring is 1. The Morgan fingerprint density at radius 2 is 2.13 bits per heavy atom. The summed E-state index contributed by atoms with van der Waals surface area (Å²) in [5.74, 6) is 1.41. The molecule has 0 spiro atoms. The fraction of sp³-hybridized carbons (Fsp3) is 0.333. The molecule has 0 unspecified atom stereocenters. The van der Waals surface area contributed by atoms with Crippen molar-refractivity contribution in [1.29, 1.82) is 0 Å². The standard InChI is InChI=1S/C18H21N7O4S/c1-28-13-4-2-11(3-5-13)21-18(27)29-24-6-7-25(12(8-24)9-26)15-14-16(30-10-20-14)23-17(19)22-15/h2-5,10,12,26H,6-9H2,1H3,(H,21,27)(H2,19,22,23)/t12-/m0/s1. The fourth-order valence-corrected chi connectivity index (χ4v) is 3.90. The van der Waals surface area contributed by atoms with Crippen LogP contribution in [0.15, 0.2) is 29.8 Å². The van der Waals surface area contributed by atoms with Crippen LogP contribution >= 0.6 is 11.3 Å². The Kier molecular flexibility index (Phi) is 5.79. The van der Waals surface area contributed by atoms with Crippen LogP contribution in [0.3, 0.4) is 0 Å². The zero-order chi connectivity index (χ0) is 21.1. The first-order chi connectivity index (χ1) is 14.6. The van der Waals surface area contributed by atoms with Crippen LogP contribution < -0.4 is 20.7 Å².